The maximum atomic E-state index is 13.7. The molecule has 1 aromatic carbocycles. The summed E-state index contributed by atoms with van der Waals surface area (Å²) in [5, 5.41) is 9.34. The molecule has 2 aromatic rings. The largest absolute Gasteiger partial charge is 0.496 e. The number of cyclic esters (lactones) is 1. The number of hydrogen-bond donors (Lipinski definition) is 1. The van der Waals surface area contributed by atoms with Gasteiger partial charge in [0.1, 0.15) is 17.7 Å². The van der Waals surface area contributed by atoms with E-state index in [0.717, 1.165) is 25.1 Å². The number of aliphatic carboxylic acids is 1. The molecule has 1 N–H and O–H groups in total. The lowest BCUT2D eigenvalue weighted by Gasteiger charge is -2.34. The third-order valence-electron chi connectivity index (χ3n) is 9.61. The Kier molecular flexibility index (Phi) is 8.41. The molecule has 0 bridgehead atoms. The molecule has 8 nitrogen and oxygen atoms in total. The average molecular weight is 666 g/mol. The van der Waals surface area contributed by atoms with E-state index in [1.807, 2.05) is 29.2 Å². The number of ether oxygens (including phenoxy) is 2. The van der Waals surface area contributed by atoms with Gasteiger partial charge >= 0.3 is 24.4 Å². The van der Waals surface area contributed by atoms with Crippen LogP contribution in [0.1, 0.15) is 49.8 Å². The quantitative estimate of drug-likeness (QED) is 0.297. The minimum Gasteiger partial charge on any atom is -0.496 e. The lowest BCUT2D eigenvalue weighted by molar-refractivity contribution is -0.166. The van der Waals surface area contributed by atoms with Crippen LogP contribution in [0.15, 0.2) is 53.6 Å². The lowest BCUT2D eigenvalue weighted by atomic mass is 9.71. The second-order valence-corrected chi connectivity index (χ2v) is 12.5. The predicted molar refractivity (Wildman–Crippen MR) is 158 cm³/mol. The van der Waals surface area contributed by atoms with Crippen LogP contribution in [-0.2, 0) is 16.1 Å². The van der Waals surface area contributed by atoms with E-state index in [1.54, 1.807) is 6.07 Å². The minimum absolute atomic E-state index is 0.0332. The average Bonchev–Trinajstić information content (AvgIpc) is 3.23. The van der Waals surface area contributed by atoms with Gasteiger partial charge in [0.05, 0.1) is 37.2 Å². The van der Waals surface area contributed by atoms with Crippen LogP contribution in [0.4, 0.5) is 37.0 Å². The number of carbonyl (C=O) groups excluding carboxylic acids is 1. The van der Waals surface area contributed by atoms with Gasteiger partial charge in [-0.1, -0.05) is 12.1 Å². The van der Waals surface area contributed by atoms with E-state index in [0.29, 0.717) is 53.4 Å². The number of alkyl halides is 6. The highest BCUT2D eigenvalue weighted by Crippen LogP contribution is 2.46. The number of methoxy groups -OCH3 is 1. The summed E-state index contributed by atoms with van der Waals surface area (Å²) in [5.74, 6) is -2.43. The van der Waals surface area contributed by atoms with Gasteiger partial charge in [-0.3, -0.25) is 9.69 Å². The van der Waals surface area contributed by atoms with Gasteiger partial charge in [0, 0.05) is 29.8 Å². The molecule has 1 saturated carbocycles. The fourth-order valence-electron chi connectivity index (χ4n) is 6.60. The number of nitrogens with zero attached hydrogens (tertiary/aromatic N) is 3. The minimum atomic E-state index is -4.98. The molecule has 2 saturated heterocycles. The molecule has 2 aliphatic carbocycles. The van der Waals surface area contributed by atoms with Gasteiger partial charge in [-0.2, -0.15) is 26.3 Å². The Bertz CT molecular complexity index is 1630. The van der Waals surface area contributed by atoms with Gasteiger partial charge in [0.2, 0.25) is 0 Å². The van der Waals surface area contributed by atoms with E-state index in [1.165, 1.54) is 18.9 Å². The number of rotatable bonds is 8. The predicted octanol–water partition coefficient (Wildman–Crippen LogP) is 7.25. The molecule has 1 aromatic heterocycles. The maximum absolute atomic E-state index is 13.7. The highest BCUT2D eigenvalue weighted by molar-refractivity contribution is 5.77. The Morgan fingerprint density at radius 2 is 1.81 bits per heavy atom. The van der Waals surface area contributed by atoms with Crippen molar-refractivity contribution >= 4 is 17.9 Å². The monoisotopic (exact) mass is 665 g/mol. The molecule has 4 aliphatic rings. The number of allylic oxidation sites excluding steroid dienone is 2. The molecule has 0 radical (unpaired) electrons. The van der Waals surface area contributed by atoms with Gasteiger partial charge in [-0.25, -0.2) is 9.78 Å². The highest BCUT2D eigenvalue weighted by atomic mass is 19.4. The van der Waals surface area contributed by atoms with Crippen molar-refractivity contribution in [2.75, 3.05) is 25.1 Å². The fourth-order valence-corrected chi connectivity index (χ4v) is 6.60. The van der Waals surface area contributed by atoms with E-state index in [-0.39, 0.29) is 18.0 Å². The summed E-state index contributed by atoms with van der Waals surface area (Å²) in [6, 6.07) is 8.34. The number of carboxylic acid groups (broad SMARTS) is 1. The number of benzene rings is 1. The second kappa shape index (κ2) is 12.1. The van der Waals surface area contributed by atoms with E-state index in [9.17, 15) is 41.0 Å². The van der Waals surface area contributed by atoms with Crippen molar-refractivity contribution in [1.82, 2.24) is 9.88 Å². The normalized spacial score (nSPS) is 26.2. The van der Waals surface area contributed by atoms with Crippen LogP contribution in [0.5, 0.6) is 5.75 Å². The van der Waals surface area contributed by atoms with Crippen LogP contribution in [-0.4, -0.2) is 71.8 Å². The Labute approximate surface area is 266 Å². The van der Waals surface area contributed by atoms with Gasteiger partial charge in [-0.05, 0) is 80.0 Å². The standard InChI is InChI=1S/C33H33F6N3O5/c1-17-29(20-12-22(32(34,35)36)15-23(13-20)33(37,38)39)47-31(45)42(17)16-26-24(5-7-28(40-26)41-8-3-9-41)25-14-18(4-6-27(25)46-2)19-10-21(11-19)30(43)44/h4-7,12-14,17,19,21-22,29H,3,8-11,15-16H2,1-2H3,(H,43,44)/t17-,19?,21?,22?,29-/m0/s1. The van der Waals surface area contributed by atoms with E-state index < -0.39 is 60.4 Å². The number of carbonyl (C=O) groups is 2. The third kappa shape index (κ3) is 6.38. The Balaban J connectivity index is 1.34. The molecule has 14 heteroatoms. The molecular weight excluding hydrogens is 632 g/mol. The number of aromatic nitrogens is 1. The molecule has 2 aliphatic heterocycles. The molecule has 6 rings (SSSR count). The van der Waals surface area contributed by atoms with E-state index in [2.05, 4.69) is 0 Å². The molecule has 47 heavy (non-hydrogen) atoms. The first kappa shape index (κ1) is 32.7. The Morgan fingerprint density at radius 1 is 1.09 bits per heavy atom. The molecule has 3 fully saturated rings. The number of pyridine rings is 1. The summed E-state index contributed by atoms with van der Waals surface area (Å²) in [4.78, 5) is 32.8. The summed E-state index contributed by atoms with van der Waals surface area (Å²) in [6.45, 7) is 2.94. The van der Waals surface area contributed by atoms with Crippen LogP contribution in [0.25, 0.3) is 11.1 Å². The summed E-state index contributed by atoms with van der Waals surface area (Å²) >= 11 is 0. The number of amides is 1. The number of anilines is 1. The van der Waals surface area contributed by atoms with Crippen molar-refractivity contribution in [3.05, 3.63) is 64.9 Å². The van der Waals surface area contributed by atoms with Crippen LogP contribution in [0.2, 0.25) is 0 Å². The van der Waals surface area contributed by atoms with Crippen molar-refractivity contribution in [3.63, 3.8) is 0 Å². The van der Waals surface area contributed by atoms with E-state index in [4.69, 9.17) is 14.5 Å². The maximum Gasteiger partial charge on any atom is 0.412 e. The van der Waals surface area contributed by atoms with Crippen LogP contribution in [0, 0.1) is 11.8 Å². The summed E-state index contributed by atoms with van der Waals surface area (Å²) in [6.07, 6.45) is -10.1. The summed E-state index contributed by atoms with van der Waals surface area (Å²) < 4.78 is 93.0. The first-order chi connectivity index (χ1) is 22.1. The van der Waals surface area contributed by atoms with Gasteiger partial charge in [0.15, 0.2) is 0 Å². The summed E-state index contributed by atoms with van der Waals surface area (Å²) in [5.41, 5.74) is 0.923. The third-order valence-corrected chi connectivity index (χ3v) is 9.61. The zero-order valence-corrected chi connectivity index (χ0v) is 25.6. The lowest BCUT2D eigenvalue weighted by Crippen LogP contribution is -2.38. The van der Waals surface area contributed by atoms with Crippen molar-refractivity contribution in [1.29, 1.82) is 0 Å². The number of hydrogen-bond acceptors (Lipinski definition) is 6. The van der Waals surface area contributed by atoms with Crippen LogP contribution >= 0.6 is 0 Å². The SMILES string of the molecule is COc1ccc(C2CC(C(=O)O)C2)cc1-c1ccc(N2CCC2)nc1CN1C(=O)O[C@H](C2=CC(C(F)(F)F)CC(C(F)(F)F)=C2)[C@@H]1C. The smallest absolute Gasteiger partial charge is 0.412 e. The number of carboxylic acids is 1. The second-order valence-electron chi connectivity index (χ2n) is 12.5. The molecule has 0 spiro atoms. The van der Waals surface area contributed by atoms with Crippen molar-refractivity contribution in [2.45, 2.75) is 69.6 Å². The Hall–Kier alpha value is -4.23. The zero-order valence-electron chi connectivity index (χ0n) is 25.6. The molecule has 3 atom stereocenters. The molecule has 1 amide bonds. The van der Waals surface area contributed by atoms with Gasteiger partial charge in [-0.15, -0.1) is 0 Å². The molecule has 252 valence electrons. The number of halogens is 6. The van der Waals surface area contributed by atoms with Crippen molar-refractivity contribution in [3.8, 4) is 16.9 Å². The van der Waals surface area contributed by atoms with Crippen LogP contribution in [0.3, 0.4) is 0 Å². The van der Waals surface area contributed by atoms with Crippen molar-refractivity contribution < 1.29 is 50.5 Å². The topological polar surface area (TPSA) is 92.2 Å². The highest BCUT2D eigenvalue weighted by Gasteiger charge is 2.49. The Morgan fingerprint density at radius 3 is 2.40 bits per heavy atom. The van der Waals surface area contributed by atoms with E-state index >= 15 is 0 Å². The first-order valence-corrected chi connectivity index (χ1v) is 15.3. The summed E-state index contributed by atoms with van der Waals surface area (Å²) in [7, 11) is 1.50. The first-order valence-electron chi connectivity index (χ1n) is 15.3. The molecular formula is C33H33F6N3O5. The van der Waals surface area contributed by atoms with Gasteiger partial charge < -0.3 is 19.5 Å². The van der Waals surface area contributed by atoms with Crippen LogP contribution < -0.4 is 9.64 Å². The fraction of sp³-hybridized carbons (Fsp3) is 0.485. The van der Waals surface area contributed by atoms with Gasteiger partial charge in [0.25, 0.3) is 0 Å². The molecule has 3 heterocycles. The van der Waals surface area contributed by atoms with Crippen molar-refractivity contribution in [2.24, 2.45) is 11.8 Å². The zero-order chi connectivity index (χ0) is 33.8. The molecule has 1 unspecified atom stereocenters.